The van der Waals surface area contributed by atoms with E-state index >= 15 is 0 Å². The Bertz CT molecular complexity index is 301. The van der Waals surface area contributed by atoms with Gasteiger partial charge in [0.2, 0.25) is 0 Å². The van der Waals surface area contributed by atoms with E-state index in [9.17, 15) is 0 Å². The van der Waals surface area contributed by atoms with Crippen LogP contribution in [0.15, 0.2) is 0 Å². The molecule has 0 aromatic carbocycles. The SMILES string of the molecule is CC1CCCN2CC(C)N(CC3CCC(Cl)CC3)C12. The first kappa shape index (κ1) is 14.2. The van der Waals surface area contributed by atoms with Crippen LogP contribution < -0.4 is 0 Å². The van der Waals surface area contributed by atoms with E-state index in [0.29, 0.717) is 5.38 Å². The summed E-state index contributed by atoms with van der Waals surface area (Å²) in [6.07, 6.45) is 8.71. The van der Waals surface area contributed by atoms with E-state index in [2.05, 4.69) is 23.6 Å². The van der Waals surface area contributed by atoms with Crippen LogP contribution in [0, 0.1) is 11.8 Å². The van der Waals surface area contributed by atoms with Crippen molar-refractivity contribution in [3.8, 4) is 0 Å². The van der Waals surface area contributed by atoms with Gasteiger partial charge in [-0.25, -0.2) is 0 Å². The van der Waals surface area contributed by atoms with Crippen LogP contribution in [0.4, 0.5) is 0 Å². The molecule has 3 unspecified atom stereocenters. The molecule has 0 bridgehead atoms. The smallest absolute Gasteiger partial charge is 0.0652 e. The van der Waals surface area contributed by atoms with Gasteiger partial charge in [-0.15, -0.1) is 11.6 Å². The van der Waals surface area contributed by atoms with Crippen LogP contribution in [-0.2, 0) is 0 Å². The molecule has 0 amide bonds. The fraction of sp³-hybridized carbons (Fsp3) is 1.00. The second kappa shape index (κ2) is 5.91. The summed E-state index contributed by atoms with van der Waals surface area (Å²) in [6.45, 7) is 8.82. The molecular formula is C16H29ClN2. The molecule has 3 atom stereocenters. The molecule has 0 radical (unpaired) electrons. The number of piperidine rings is 1. The van der Waals surface area contributed by atoms with Crippen molar-refractivity contribution in [2.75, 3.05) is 19.6 Å². The van der Waals surface area contributed by atoms with Gasteiger partial charge in [-0.1, -0.05) is 6.92 Å². The van der Waals surface area contributed by atoms with Crippen molar-refractivity contribution in [3.05, 3.63) is 0 Å². The fourth-order valence-corrected chi connectivity index (χ4v) is 4.84. The Labute approximate surface area is 123 Å². The molecule has 0 spiro atoms. The topological polar surface area (TPSA) is 6.48 Å². The third-order valence-electron chi connectivity index (χ3n) is 5.64. The maximum Gasteiger partial charge on any atom is 0.0652 e. The van der Waals surface area contributed by atoms with Crippen LogP contribution in [0.2, 0.25) is 0 Å². The predicted octanol–water partition coefficient (Wildman–Crippen LogP) is 3.55. The molecule has 2 aliphatic heterocycles. The molecule has 3 heteroatoms. The molecule has 19 heavy (non-hydrogen) atoms. The summed E-state index contributed by atoms with van der Waals surface area (Å²) in [5.74, 6) is 1.74. The Balaban J connectivity index is 1.62. The van der Waals surface area contributed by atoms with Crippen molar-refractivity contribution in [3.63, 3.8) is 0 Å². The Kier molecular flexibility index (Phi) is 4.40. The maximum atomic E-state index is 6.24. The Morgan fingerprint density at radius 1 is 1.05 bits per heavy atom. The molecule has 3 fully saturated rings. The summed E-state index contributed by atoms with van der Waals surface area (Å²) in [5.41, 5.74) is 0. The lowest BCUT2D eigenvalue weighted by atomic mass is 9.87. The predicted molar refractivity (Wildman–Crippen MR) is 81.5 cm³/mol. The van der Waals surface area contributed by atoms with Crippen molar-refractivity contribution in [2.24, 2.45) is 11.8 Å². The van der Waals surface area contributed by atoms with Crippen LogP contribution in [0.25, 0.3) is 0 Å². The quantitative estimate of drug-likeness (QED) is 0.716. The van der Waals surface area contributed by atoms with Crippen LogP contribution in [0.5, 0.6) is 0 Å². The van der Waals surface area contributed by atoms with E-state index in [1.165, 1.54) is 58.2 Å². The van der Waals surface area contributed by atoms with Gasteiger partial charge in [-0.3, -0.25) is 9.80 Å². The normalized spacial score (nSPS) is 45.3. The van der Waals surface area contributed by atoms with Gasteiger partial charge in [0.15, 0.2) is 0 Å². The number of hydrogen-bond acceptors (Lipinski definition) is 2. The minimum Gasteiger partial charge on any atom is -0.286 e. The second-order valence-electron chi connectivity index (χ2n) is 7.19. The molecule has 0 aromatic heterocycles. The van der Waals surface area contributed by atoms with Crippen LogP contribution in [0.3, 0.4) is 0 Å². The molecule has 2 nitrogen and oxygen atoms in total. The molecule has 110 valence electrons. The summed E-state index contributed by atoms with van der Waals surface area (Å²) in [4.78, 5) is 5.56. The highest BCUT2D eigenvalue weighted by Crippen LogP contribution is 2.35. The van der Waals surface area contributed by atoms with Crippen molar-refractivity contribution in [1.82, 2.24) is 9.80 Å². The molecule has 3 rings (SSSR count). The fourth-order valence-electron chi connectivity index (χ4n) is 4.59. The Morgan fingerprint density at radius 2 is 1.79 bits per heavy atom. The molecule has 1 saturated carbocycles. The van der Waals surface area contributed by atoms with E-state index in [4.69, 9.17) is 11.6 Å². The molecule has 1 aliphatic carbocycles. The number of rotatable bonds is 2. The summed E-state index contributed by atoms with van der Waals surface area (Å²) >= 11 is 6.24. The lowest BCUT2D eigenvalue weighted by molar-refractivity contribution is 0.0308. The highest BCUT2D eigenvalue weighted by Gasteiger charge is 2.42. The van der Waals surface area contributed by atoms with E-state index in [0.717, 1.165) is 24.0 Å². The first-order valence-corrected chi connectivity index (χ1v) is 8.72. The first-order valence-electron chi connectivity index (χ1n) is 8.29. The summed E-state index contributed by atoms with van der Waals surface area (Å²) in [5, 5.41) is 0.456. The highest BCUT2D eigenvalue weighted by molar-refractivity contribution is 6.20. The zero-order valence-corrected chi connectivity index (χ0v) is 13.3. The largest absolute Gasteiger partial charge is 0.286 e. The number of nitrogens with zero attached hydrogens (tertiary/aromatic N) is 2. The number of fused-ring (bicyclic) bond motifs is 1. The third-order valence-corrected chi connectivity index (χ3v) is 6.07. The molecule has 0 N–H and O–H groups in total. The van der Waals surface area contributed by atoms with Crippen molar-refractivity contribution >= 4 is 11.6 Å². The monoisotopic (exact) mass is 284 g/mol. The molecule has 2 saturated heterocycles. The number of halogens is 1. The van der Waals surface area contributed by atoms with E-state index in [1.54, 1.807) is 0 Å². The maximum absolute atomic E-state index is 6.24. The van der Waals surface area contributed by atoms with Crippen molar-refractivity contribution in [1.29, 1.82) is 0 Å². The molecular weight excluding hydrogens is 256 g/mol. The van der Waals surface area contributed by atoms with Crippen LogP contribution in [-0.4, -0.2) is 47.0 Å². The van der Waals surface area contributed by atoms with Gasteiger partial charge in [-0.05, 0) is 63.8 Å². The Morgan fingerprint density at radius 3 is 2.53 bits per heavy atom. The van der Waals surface area contributed by atoms with E-state index in [1.807, 2.05) is 0 Å². The molecule has 2 heterocycles. The van der Waals surface area contributed by atoms with Crippen molar-refractivity contribution in [2.45, 2.75) is 70.0 Å². The average Bonchev–Trinajstić information content (AvgIpc) is 2.70. The standard InChI is InChI=1S/C16H29ClN2/c1-12-4-3-9-18-10-13(2)19(16(12)18)11-14-5-7-15(17)8-6-14/h12-16H,3-11H2,1-2H3. The number of hydrogen-bond donors (Lipinski definition) is 0. The van der Waals surface area contributed by atoms with Gasteiger partial charge in [0.1, 0.15) is 0 Å². The minimum absolute atomic E-state index is 0.456. The van der Waals surface area contributed by atoms with Gasteiger partial charge in [0.05, 0.1) is 6.17 Å². The second-order valence-corrected chi connectivity index (χ2v) is 7.81. The zero-order chi connectivity index (χ0) is 13.4. The zero-order valence-electron chi connectivity index (χ0n) is 12.5. The van der Waals surface area contributed by atoms with Gasteiger partial charge in [0.25, 0.3) is 0 Å². The van der Waals surface area contributed by atoms with E-state index in [-0.39, 0.29) is 0 Å². The minimum atomic E-state index is 0.456. The molecule has 3 aliphatic rings. The first-order chi connectivity index (χ1) is 9.15. The third kappa shape index (κ3) is 2.96. The lowest BCUT2D eigenvalue weighted by Crippen LogP contribution is -2.49. The molecule has 0 aromatic rings. The highest BCUT2D eigenvalue weighted by atomic mass is 35.5. The van der Waals surface area contributed by atoms with E-state index < -0.39 is 0 Å². The van der Waals surface area contributed by atoms with Crippen LogP contribution in [0.1, 0.15) is 52.4 Å². The van der Waals surface area contributed by atoms with Gasteiger partial charge >= 0.3 is 0 Å². The lowest BCUT2D eigenvalue weighted by Gasteiger charge is -2.41. The average molecular weight is 285 g/mol. The Hall–Kier alpha value is 0.210. The summed E-state index contributed by atoms with van der Waals surface area (Å²) in [7, 11) is 0. The summed E-state index contributed by atoms with van der Waals surface area (Å²) in [6, 6.07) is 0.749. The van der Waals surface area contributed by atoms with Crippen LogP contribution >= 0.6 is 11.6 Å². The van der Waals surface area contributed by atoms with Gasteiger partial charge in [0, 0.05) is 24.5 Å². The van der Waals surface area contributed by atoms with Crippen molar-refractivity contribution < 1.29 is 0 Å². The van der Waals surface area contributed by atoms with Gasteiger partial charge in [-0.2, -0.15) is 0 Å². The number of alkyl halides is 1. The van der Waals surface area contributed by atoms with Gasteiger partial charge < -0.3 is 0 Å². The summed E-state index contributed by atoms with van der Waals surface area (Å²) < 4.78 is 0.